The first-order valence-corrected chi connectivity index (χ1v) is 8.01. The van der Waals surface area contributed by atoms with Crippen LogP contribution >= 0.6 is 0 Å². The van der Waals surface area contributed by atoms with E-state index in [-0.39, 0.29) is 5.75 Å². The van der Waals surface area contributed by atoms with Crippen molar-refractivity contribution in [3.05, 3.63) is 23.8 Å². The Morgan fingerprint density at radius 2 is 1.95 bits per heavy atom. The first-order valence-electron chi connectivity index (χ1n) is 8.01. The van der Waals surface area contributed by atoms with Crippen molar-refractivity contribution in [1.82, 2.24) is 5.32 Å². The van der Waals surface area contributed by atoms with Gasteiger partial charge < -0.3 is 15.2 Å². The van der Waals surface area contributed by atoms with E-state index >= 15 is 0 Å². The second-order valence-electron chi connectivity index (χ2n) is 7.25. The Bertz CT molecular complexity index is 465. The topological polar surface area (TPSA) is 41.5 Å². The van der Waals surface area contributed by atoms with Crippen molar-refractivity contribution >= 4 is 0 Å². The molecule has 1 aromatic carbocycles. The predicted molar refractivity (Wildman–Crippen MR) is 86.7 cm³/mol. The van der Waals surface area contributed by atoms with Crippen LogP contribution in [0.25, 0.3) is 0 Å². The maximum absolute atomic E-state index is 9.86. The third-order valence-corrected chi connectivity index (χ3v) is 4.69. The fourth-order valence-corrected chi connectivity index (χ4v) is 3.51. The summed E-state index contributed by atoms with van der Waals surface area (Å²) >= 11 is 0. The highest BCUT2D eigenvalue weighted by molar-refractivity contribution is 5.41. The third kappa shape index (κ3) is 4.13. The molecule has 3 heteroatoms. The molecule has 118 valence electrons. The number of rotatable bonds is 4. The average Bonchev–Trinajstić information content (AvgIpc) is 2.44. The highest BCUT2D eigenvalue weighted by Gasteiger charge is 2.33. The van der Waals surface area contributed by atoms with Crippen molar-refractivity contribution in [2.75, 3.05) is 7.11 Å². The lowest BCUT2D eigenvalue weighted by molar-refractivity contribution is 0.130. The normalized spacial score (nSPS) is 23.0. The van der Waals surface area contributed by atoms with Gasteiger partial charge in [0.2, 0.25) is 0 Å². The van der Waals surface area contributed by atoms with Gasteiger partial charge in [-0.1, -0.05) is 39.7 Å². The molecular formula is C18H29NO2. The summed E-state index contributed by atoms with van der Waals surface area (Å²) in [5.41, 5.74) is 1.45. The third-order valence-electron chi connectivity index (χ3n) is 4.69. The summed E-state index contributed by atoms with van der Waals surface area (Å²) < 4.78 is 5.09. The highest BCUT2D eigenvalue weighted by atomic mass is 16.5. The van der Waals surface area contributed by atoms with Crippen LogP contribution in [-0.2, 0) is 6.54 Å². The number of aromatic hydroxyl groups is 1. The van der Waals surface area contributed by atoms with Crippen molar-refractivity contribution < 1.29 is 9.84 Å². The summed E-state index contributed by atoms with van der Waals surface area (Å²) in [7, 11) is 1.57. The van der Waals surface area contributed by atoms with Gasteiger partial charge >= 0.3 is 0 Å². The number of benzene rings is 1. The minimum absolute atomic E-state index is 0.216. The Morgan fingerprint density at radius 1 is 1.24 bits per heavy atom. The molecule has 21 heavy (non-hydrogen) atoms. The molecule has 0 bridgehead atoms. The van der Waals surface area contributed by atoms with Gasteiger partial charge in [0.15, 0.2) is 11.5 Å². The Morgan fingerprint density at radius 3 is 2.57 bits per heavy atom. The van der Waals surface area contributed by atoms with E-state index in [1.165, 1.54) is 25.7 Å². The van der Waals surface area contributed by atoms with Gasteiger partial charge in [-0.25, -0.2) is 0 Å². The molecule has 0 heterocycles. The van der Waals surface area contributed by atoms with E-state index in [0.717, 1.165) is 18.0 Å². The van der Waals surface area contributed by atoms with Gasteiger partial charge in [0.1, 0.15) is 0 Å². The first kappa shape index (κ1) is 16.2. The lowest BCUT2D eigenvalue weighted by atomic mass is 9.69. The number of hydrogen-bond acceptors (Lipinski definition) is 3. The molecule has 2 atom stereocenters. The Hall–Kier alpha value is -1.22. The number of methoxy groups -OCH3 is 1. The fourth-order valence-electron chi connectivity index (χ4n) is 3.51. The molecule has 1 aliphatic rings. The predicted octanol–water partition coefficient (Wildman–Crippen LogP) is 4.10. The average molecular weight is 291 g/mol. The van der Waals surface area contributed by atoms with Crippen LogP contribution in [0, 0.1) is 11.3 Å². The van der Waals surface area contributed by atoms with Gasteiger partial charge in [0.05, 0.1) is 7.11 Å². The molecule has 0 spiro atoms. The second-order valence-corrected chi connectivity index (χ2v) is 7.25. The molecule has 2 N–H and O–H groups in total. The lowest BCUT2D eigenvalue weighted by Crippen LogP contribution is -2.43. The molecule has 2 unspecified atom stereocenters. The number of phenols is 1. The van der Waals surface area contributed by atoms with E-state index in [1.54, 1.807) is 13.2 Å². The van der Waals surface area contributed by atoms with Crippen molar-refractivity contribution in [3.63, 3.8) is 0 Å². The van der Waals surface area contributed by atoms with Crippen LogP contribution in [0.2, 0.25) is 0 Å². The molecule has 2 rings (SSSR count). The molecular weight excluding hydrogens is 262 g/mol. The molecule has 1 aromatic rings. The molecule has 0 aliphatic heterocycles. The van der Waals surface area contributed by atoms with Gasteiger partial charge in [0.25, 0.3) is 0 Å². The van der Waals surface area contributed by atoms with Gasteiger partial charge in [-0.05, 0) is 41.9 Å². The standard InChI is InChI=1S/C18H29NO2/c1-18(2,3)14-7-5-6-8-15(14)19-12-13-9-10-17(21-4)16(20)11-13/h9-11,14-15,19-20H,5-8,12H2,1-4H3. The molecule has 0 radical (unpaired) electrons. The SMILES string of the molecule is COc1ccc(CNC2CCCCC2C(C)(C)C)cc1O. The van der Waals surface area contributed by atoms with Crippen LogP contribution in [0.15, 0.2) is 18.2 Å². The lowest BCUT2D eigenvalue weighted by Gasteiger charge is -2.41. The van der Waals surface area contributed by atoms with Crippen molar-refractivity contribution in [1.29, 1.82) is 0 Å². The monoisotopic (exact) mass is 291 g/mol. The zero-order valence-corrected chi connectivity index (χ0v) is 13.8. The van der Waals surface area contributed by atoms with Crippen LogP contribution in [-0.4, -0.2) is 18.3 Å². The van der Waals surface area contributed by atoms with Crippen molar-refractivity contribution in [3.8, 4) is 11.5 Å². The summed E-state index contributed by atoms with van der Waals surface area (Å²) in [6.45, 7) is 7.83. The smallest absolute Gasteiger partial charge is 0.160 e. The summed E-state index contributed by atoms with van der Waals surface area (Å²) in [4.78, 5) is 0. The van der Waals surface area contributed by atoms with E-state index in [1.807, 2.05) is 12.1 Å². The largest absolute Gasteiger partial charge is 0.504 e. The van der Waals surface area contributed by atoms with E-state index < -0.39 is 0 Å². The molecule has 0 saturated heterocycles. The van der Waals surface area contributed by atoms with Gasteiger partial charge in [0, 0.05) is 12.6 Å². The van der Waals surface area contributed by atoms with E-state index in [4.69, 9.17) is 4.74 Å². The molecule has 0 aromatic heterocycles. The summed E-state index contributed by atoms with van der Waals surface area (Å²) in [6, 6.07) is 6.21. The van der Waals surface area contributed by atoms with Crippen LogP contribution < -0.4 is 10.1 Å². The van der Waals surface area contributed by atoms with Crippen LogP contribution in [0.3, 0.4) is 0 Å². The molecule has 1 aliphatic carbocycles. The minimum atomic E-state index is 0.216. The van der Waals surface area contributed by atoms with Crippen LogP contribution in [0.4, 0.5) is 0 Å². The second kappa shape index (κ2) is 6.69. The van der Waals surface area contributed by atoms with Gasteiger partial charge in [-0.3, -0.25) is 0 Å². The van der Waals surface area contributed by atoms with Crippen LogP contribution in [0.5, 0.6) is 11.5 Å². The molecule has 1 fully saturated rings. The van der Waals surface area contributed by atoms with Crippen molar-refractivity contribution in [2.45, 2.75) is 59.0 Å². The fraction of sp³-hybridized carbons (Fsp3) is 0.667. The van der Waals surface area contributed by atoms with Crippen molar-refractivity contribution in [2.24, 2.45) is 11.3 Å². The van der Waals surface area contributed by atoms with Gasteiger partial charge in [-0.15, -0.1) is 0 Å². The zero-order chi connectivity index (χ0) is 15.5. The summed E-state index contributed by atoms with van der Waals surface area (Å²) in [5.74, 6) is 1.47. The van der Waals surface area contributed by atoms with Crippen LogP contribution in [0.1, 0.15) is 52.0 Å². The van der Waals surface area contributed by atoms with E-state index in [0.29, 0.717) is 17.2 Å². The molecule has 0 amide bonds. The quantitative estimate of drug-likeness (QED) is 0.877. The molecule has 3 nitrogen and oxygen atoms in total. The summed E-state index contributed by atoms with van der Waals surface area (Å²) in [6.07, 6.45) is 5.24. The number of hydrogen-bond donors (Lipinski definition) is 2. The Kier molecular flexibility index (Phi) is 5.15. The number of nitrogens with one attached hydrogen (secondary N) is 1. The Labute approximate surface area is 128 Å². The first-order chi connectivity index (χ1) is 9.91. The Balaban J connectivity index is 1.99. The zero-order valence-electron chi connectivity index (χ0n) is 13.8. The maximum Gasteiger partial charge on any atom is 0.160 e. The highest BCUT2D eigenvalue weighted by Crippen LogP contribution is 2.38. The number of ether oxygens (including phenoxy) is 1. The molecule has 1 saturated carbocycles. The van der Waals surface area contributed by atoms with Gasteiger partial charge in [-0.2, -0.15) is 0 Å². The minimum Gasteiger partial charge on any atom is -0.504 e. The maximum atomic E-state index is 9.86. The van der Waals surface area contributed by atoms with E-state index in [2.05, 4.69) is 26.1 Å². The summed E-state index contributed by atoms with van der Waals surface area (Å²) in [5, 5.41) is 13.6. The number of phenolic OH excluding ortho intramolecular Hbond substituents is 1. The van der Waals surface area contributed by atoms with E-state index in [9.17, 15) is 5.11 Å².